The predicted octanol–water partition coefficient (Wildman–Crippen LogP) is 3.75. The van der Waals surface area contributed by atoms with Crippen LogP contribution in [0.5, 0.6) is 0 Å². The van der Waals surface area contributed by atoms with Crippen LogP contribution in [0, 0.1) is 11.8 Å². The summed E-state index contributed by atoms with van der Waals surface area (Å²) in [5, 5.41) is 3.92. The molecule has 0 aliphatic carbocycles. The molecular formula is C18H26ClN5O2S. The van der Waals surface area contributed by atoms with Gasteiger partial charge in [-0.2, -0.15) is 18.0 Å². The minimum Gasteiger partial charge on any atom is -0.361 e. The molecule has 27 heavy (non-hydrogen) atoms. The van der Waals surface area contributed by atoms with Gasteiger partial charge in [-0.15, -0.1) is 4.40 Å². The van der Waals surface area contributed by atoms with E-state index in [2.05, 4.69) is 42.2 Å². The van der Waals surface area contributed by atoms with Crippen LogP contribution in [0.1, 0.15) is 40.3 Å². The number of fused-ring (bicyclic) bond motifs is 1. The maximum absolute atomic E-state index is 12.8. The molecule has 0 fully saturated rings. The van der Waals surface area contributed by atoms with Crippen LogP contribution in [0.4, 0.5) is 0 Å². The van der Waals surface area contributed by atoms with Gasteiger partial charge in [-0.25, -0.2) is 4.98 Å². The number of allylic oxidation sites excluding steroid dienone is 1. The van der Waals surface area contributed by atoms with E-state index in [4.69, 9.17) is 11.6 Å². The van der Waals surface area contributed by atoms with E-state index in [0.717, 1.165) is 0 Å². The molecule has 2 aromatic rings. The van der Waals surface area contributed by atoms with E-state index in [0.29, 0.717) is 36.3 Å². The van der Waals surface area contributed by atoms with Gasteiger partial charge in [0, 0.05) is 13.1 Å². The lowest BCUT2D eigenvalue weighted by atomic mass is 10.1. The van der Waals surface area contributed by atoms with Gasteiger partial charge in [0.15, 0.2) is 10.8 Å². The Morgan fingerprint density at radius 2 is 1.85 bits per heavy atom. The number of hydrogen-bond acceptors (Lipinski definition) is 4. The van der Waals surface area contributed by atoms with Crippen molar-refractivity contribution in [2.45, 2.75) is 39.6 Å². The fraction of sp³-hybridized carbons (Fsp3) is 0.500. The molecule has 0 aromatic carbocycles. The normalized spacial score (nSPS) is 13.0. The molecule has 0 radical (unpaired) electrons. The quantitative estimate of drug-likeness (QED) is 0.488. The summed E-state index contributed by atoms with van der Waals surface area (Å²) in [6.07, 6.45) is 4.95. The van der Waals surface area contributed by atoms with Crippen molar-refractivity contribution in [2.75, 3.05) is 13.1 Å². The van der Waals surface area contributed by atoms with E-state index in [1.54, 1.807) is 18.2 Å². The number of hydrogen-bond donors (Lipinski definition) is 0. The fourth-order valence-electron chi connectivity index (χ4n) is 2.66. The number of rotatable bonds is 8. The highest BCUT2D eigenvalue weighted by atomic mass is 35.5. The summed E-state index contributed by atoms with van der Waals surface area (Å²) < 4.78 is 30.8. The molecule has 0 saturated carbocycles. The molecule has 148 valence electrons. The topological polar surface area (TPSA) is 79.9 Å². The lowest BCUT2D eigenvalue weighted by Crippen LogP contribution is -2.30. The summed E-state index contributed by atoms with van der Waals surface area (Å²) >= 11 is 6.11. The zero-order valence-electron chi connectivity index (χ0n) is 16.3. The maximum atomic E-state index is 12.8. The number of halogens is 1. The Bertz CT molecular complexity index is 938. The van der Waals surface area contributed by atoms with Crippen LogP contribution in [-0.2, 0) is 10.0 Å². The van der Waals surface area contributed by atoms with Crippen LogP contribution in [0.3, 0.4) is 0 Å². The number of aromatic nitrogens is 3. The molecule has 0 bridgehead atoms. The van der Waals surface area contributed by atoms with Gasteiger partial charge in [0.25, 0.3) is 0 Å². The lowest BCUT2D eigenvalue weighted by molar-refractivity contribution is 0.336. The first kappa shape index (κ1) is 21.4. The van der Waals surface area contributed by atoms with Gasteiger partial charge >= 0.3 is 10.0 Å². The third kappa shape index (κ3) is 5.52. The molecule has 0 N–H and O–H groups in total. The van der Waals surface area contributed by atoms with Crippen LogP contribution >= 0.6 is 11.6 Å². The van der Waals surface area contributed by atoms with E-state index in [1.807, 2.05) is 17.9 Å². The fourth-order valence-corrected chi connectivity index (χ4v) is 4.09. The summed E-state index contributed by atoms with van der Waals surface area (Å²) in [5.74, 6) is 0.754. The monoisotopic (exact) mass is 411 g/mol. The van der Waals surface area contributed by atoms with Crippen molar-refractivity contribution in [1.29, 1.82) is 0 Å². The Hall–Kier alpha value is -1.93. The second-order valence-corrected chi connectivity index (χ2v) is 9.08. The Morgan fingerprint density at radius 1 is 1.22 bits per heavy atom. The van der Waals surface area contributed by atoms with Crippen molar-refractivity contribution in [1.82, 2.24) is 19.5 Å². The molecule has 0 amide bonds. The van der Waals surface area contributed by atoms with Gasteiger partial charge in [0.2, 0.25) is 5.03 Å². The Kier molecular flexibility index (Phi) is 7.00. The summed E-state index contributed by atoms with van der Waals surface area (Å²) in [7, 11) is -4.06. The molecule has 0 aliphatic rings. The smallest absolute Gasteiger partial charge is 0.304 e. The first-order chi connectivity index (χ1) is 12.6. The van der Waals surface area contributed by atoms with E-state index >= 15 is 0 Å². The maximum Gasteiger partial charge on any atom is 0.304 e. The van der Waals surface area contributed by atoms with Crippen LogP contribution in [0.15, 0.2) is 27.6 Å². The lowest BCUT2D eigenvalue weighted by Gasteiger charge is -2.23. The summed E-state index contributed by atoms with van der Waals surface area (Å²) in [6.45, 7) is 11.6. The Morgan fingerprint density at radius 3 is 2.41 bits per heavy atom. The zero-order chi connectivity index (χ0) is 20.2. The molecule has 0 saturated heterocycles. The SMILES string of the molecule is CC=Cc1ccc2nc(Cl)c(S(=O)(=O)N=CN(CC(C)C)CC(C)C)n2n1. The highest BCUT2D eigenvalue weighted by molar-refractivity contribution is 7.90. The van der Waals surface area contributed by atoms with E-state index in [9.17, 15) is 8.42 Å². The van der Waals surface area contributed by atoms with Gasteiger partial charge in [-0.05, 0) is 37.0 Å². The summed E-state index contributed by atoms with van der Waals surface area (Å²) in [6, 6.07) is 3.41. The standard InChI is InChI=1S/C18H26ClN5O2S/c1-6-7-15-8-9-16-21-17(19)18(24(16)22-15)27(25,26)20-12-23(10-13(2)3)11-14(4)5/h6-9,12-14H,10-11H2,1-5H3. The number of nitrogens with zero attached hydrogens (tertiary/aromatic N) is 5. The summed E-state index contributed by atoms with van der Waals surface area (Å²) in [5.41, 5.74) is 0.948. The predicted molar refractivity (Wildman–Crippen MR) is 110 cm³/mol. The van der Waals surface area contributed by atoms with Gasteiger partial charge in [0.1, 0.15) is 6.34 Å². The van der Waals surface area contributed by atoms with E-state index in [1.165, 1.54) is 10.9 Å². The first-order valence-corrected chi connectivity index (χ1v) is 10.7. The summed E-state index contributed by atoms with van der Waals surface area (Å²) in [4.78, 5) is 5.99. The highest BCUT2D eigenvalue weighted by Gasteiger charge is 2.25. The number of sulfonamides is 1. The third-order valence-electron chi connectivity index (χ3n) is 3.55. The van der Waals surface area contributed by atoms with Crippen molar-refractivity contribution >= 4 is 39.7 Å². The molecule has 0 atom stereocenters. The van der Waals surface area contributed by atoms with Gasteiger partial charge < -0.3 is 4.90 Å². The average Bonchev–Trinajstić information content (AvgIpc) is 2.88. The third-order valence-corrected chi connectivity index (χ3v) is 5.15. The highest BCUT2D eigenvalue weighted by Crippen LogP contribution is 2.24. The zero-order valence-corrected chi connectivity index (χ0v) is 17.9. The van der Waals surface area contributed by atoms with Crippen molar-refractivity contribution in [3.05, 3.63) is 29.1 Å². The van der Waals surface area contributed by atoms with Crippen molar-refractivity contribution in [2.24, 2.45) is 16.2 Å². The van der Waals surface area contributed by atoms with Crippen LogP contribution in [0.2, 0.25) is 5.15 Å². The molecule has 2 rings (SSSR count). The Labute approximate surface area is 165 Å². The molecule has 9 heteroatoms. The van der Waals surface area contributed by atoms with E-state index in [-0.39, 0.29) is 10.2 Å². The average molecular weight is 412 g/mol. The molecule has 7 nitrogen and oxygen atoms in total. The number of imidazole rings is 1. The van der Waals surface area contributed by atoms with Crippen molar-refractivity contribution in [3.63, 3.8) is 0 Å². The molecule has 2 heterocycles. The van der Waals surface area contributed by atoms with Crippen molar-refractivity contribution in [3.8, 4) is 0 Å². The largest absolute Gasteiger partial charge is 0.361 e. The van der Waals surface area contributed by atoms with Gasteiger partial charge in [-0.3, -0.25) is 0 Å². The second-order valence-electron chi connectivity index (χ2n) is 7.17. The van der Waals surface area contributed by atoms with Gasteiger partial charge in [-0.1, -0.05) is 45.4 Å². The molecule has 2 aromatic heterocycles. The minimum atomic E-state index is -4.06. The minimum absolute atomic E-state index is 0.142. The van der Waals surface area contributed by atoms with Crippen LogP contribution in [-0.4, -0.2) is 47.3 Å². The van der Waals surface area contributed by atoms with Gasteiger partial charge in [0.05, 0.1) is 5.69 Å². The first-order valence-electron chi connectivity index (χ1n) is 8.86. The van der Waals surface area contributed by atoms with Crippen LogP contribution < -0.4 is 0 Å². The second kappa shape index (κ2) is 8.84. The molecule has 0 spiro atoms. The Balaban J connectivity index is 2.45. The molecule has 0 aliphatic heterocycles. The molecular weight excluding hydrogens is 386 g/mol. The van der Waals surface area contributed by atoms with Crippen molar-refractivity contribution < 1.29 is 8.42 Å². The molecule has 0 unspecified atom stereocenters. The van der Waals surface area contributed by atoms with Crippen LogP contribution in [0.25, 0.3) is 11.7 Å². The van der Waals surface area contributed by atoms with E-state index < -0.39 is 10.0 Å².